The van der Waals surface area contributed by atoms with Gasteiger partial charge in [-0.05, 0) is 18.8 Å². The van der Waals surface area contributed by atoms with Crippen molar-refractivity contribution in [1.82, 2.24) is 20.4 Å². The van der Waals surface area contributed by atoms with Crippen LogP contribution in [0.3, 0.4) is 0 Å². The van der Waals surface area contributed by atoms with Gasteiger partial charge < -0.3 is 10.6 Å². The highest BCUT2D eigenvalue weighted by Gasteiger charge is 2.42. The number of hydrogen-bond acceptors (Lipinski definition) is 2. The third-order valence-electron chi connectivity index (χ3n) is 3.29. The van der Waals surface area contributed by atoms with Crippen LogP contribution < -0.4 is 10.6 Å². The Kier molecular flexibility index (Phi) is 5.48. The first-order valence-corrected chi connectivity index (χ1v) is 6.99. The van der Waals surface area contributed by atoms with E-state index < -0.39 is 23.7 Å². The van der Waals surface area contributed by atoms with Crippen LogP contribution >= 0.6 is 0 Å². The summed E-state index contributed by atoms with van der Waals surface area (Å²) in [6.07, 6.45) is -3.09. The monoisotopic (exact) mass is 320 g/mol. The summed E-state index contributed by atoms with van der Waals surface area (Å²) in [5, 5.41) is 8.45. The zero-order chi connectivity index (χ0) is 17.1. The van der Waals surface area contributed by atoms with Gasteiger partial charge in [-0.25, -0.2) is 4.79 Å². The number of carbonyl (C=O) groups excluding carboxylic acids is 1. The van der Waals surface area contributed by atoms with E-state index >= 15 is 0 Å². The summed E-state index contributed by atoms with van der Waals surface area (Å²) in [4.78, 5) is 11.7. The molecule has 22 heavy (non-hydrogen) atoms. The van der Waals surface area contributed by atoms with Crippen LogP contribution in [0.25, 0.3) is 0 Å². The molecule has 5 nitrogen and oxygen atoms in total. The Morgan fingerprint density at radius 1 is 1.36 bits per heavy atom. The number of amides is 2. The fourth-order valence-corrected chi connectivity index (χ4v) is 1.96. The third-order valence-corrected chi connectivity index (χ3v) is 3.29. The Bertz CT molecular complexity index is 517. The molecule has 1 rings (SSSR count). The van der Waals surface area contributed by atoms with Gasteiger partial charge in [0, 0.05) is 24.8 Å². The first kappa shape index (κ1) is 18.3. The first-order valence-electron chi connectivity index (χ1n) is 6.99. The number of hydrogen-bond donors (Lipinski definition) is 2. The van der Waals surface area contributed by atoms with Gasteiger partial charge in [0.05, 0.1) is 6.20 Å². The van der Waals surface area contributed by atoms with Gasteiger partial charge in [-0.15, -0.1) is 0 Å². The minimum absolute atomic E-state index is 0.131. The molecule has 0 aliphatic heterocycles. The number of alkyl halides is 3. The number of urea groups is 1. The average Bonchev–Trinajstić information content (AvgIpc) is 2.64. The molecule has 2 amide bonds. The quantitative estimate of drug-likeness (QED) is 0.896. The molecule has 8 heteroatoms. The van der Waals surface area contributed by atoms with Crippen LogP contribution in [0.5, 0.6) is 0 Å². The summed E-state index contributed by atoms with van der Waals surface area (Å²) in [6.45, 7) is 7.05. The van der Waals surface area contributed by atoms with E-state index in [-0.39, 0.29) is 13.0 Å². The number of rotatable bonds is 4. The number of aromatic nitrogens is 2. The lowest BCUT2D eigenvalue weighted by molar-refractivity contribution is -0.159. The van der Waals surface area contributed by atoms with Crippen LogP contribution in [0.1, 0.15) is 38.4 Å². The SMILES string of the molecule is Cc1c(CNC(=O)N[C@@H](CC(C)(C)C)C(F)(F)F)cnn1C. The topological polar surface area (TPSA) is 59.0 Å². The van der Waals surface area contributed by atoms with E-state index in [4.69, 9.17) is 0 Å². The van der Waals surface area contributed by atoms with Crippen LogP contribution in [0.2, 0.25) is 0 Å². The van der Waals surface area contributed by atoms with Crippen LogP contribution in [-0.4, -0.2) is 28.0 Å². The second kappa shape index (κ2) is 6.58. The standard InChI is InChI=1S/C14H23F3N4O/c1-9-10(8-19-21(9)5)7-18-12(22)20-11(14(15,16)17)6-13(2,3)4/h8,11H,6-7H2,1-5H3,(H2,18,20,22)/t11-/m0/s1. The van der Waals surface area contributed by atoms with Crippen LogP contribution in [0, 0.1) is 12.3 Å². The molecule has 1 aromatic rings. The smallest absolute Gasteiger partial charge is 0.334 e. The number of carbonyl (C=O) groups is 1. The van der Waals surface area contributed by atoms with E-state index in [9.17, 15) is 18.0 Å². The molecular weight excluding hydrogens is 297 g/mol. The van der Waals surface area contributed by atoms with E-state index in [1.165, 1.54) is 0 Å². The van der Waals surface area contributed by atoms with Gasteiger partial charge in [0.15, 0.2) is 0 Å². The second-order valence-electron chi connectivity index (χ2n) is 6.56. The molecule has 1 atom stereocenters. The van der Waals surface area contributed by atoms with Crippen molar-refractivity contribution >= 4 is 6.03 Å². The minimum Gasteiger partial charge on any atom is -0.334 e. The van der Waals surface area contributed by atoms with Crippen molar-refractivity contribution in [3.63, 3.8) is 0 Å². The fourth-order valence-electron chi connectivity index (χ4n) is 1.96. The molecule has 0 bridgehead atoms. The molecule has 0 radical (unpaired) electrons. The van der Waals surface area contributed by atoms with Crippen molar-refractivity contribution < 1.29 is 18.0 Å². The molecule has 0 spiro atoms. The zero-order valence-electron chi connectivity index (χ0n) is 13.5. The van der Waals surface area contributed by atoms with E-state index in [2.05, 4.69) is 10.4 Å². The number of nitrogens with one attached hydrogen (secondary N) is 2. The molecule has 0 unspecified atom stereocenters. The van der Waals surface area contributed by atoms with Crippen molar-refractivity contribution in [2.24, 2.45) is 12.5 Å². The molecule has 0 saturated heterocycles. The predicted molar refractivity (Wildman–Crippen MR) is 77.2 cm³/mol. The van der Waals surface area contributed by atoms with Crippen LogP contribution in [-0.2, 0) is 13.6 Å². The Hall–Kier alpha value is -1.73. The summed E-state index contributed by atoms with van der Waals surface area (Å²) in [5.74, 6) is 0. The molecule has 126 valence electrons. The van der Waals surface area contributed by atoms with Crippen LogP contribution in [0.4, 0.5) is 18.0 Å². The summed E-state index contributed by atoms with van der Waals surface area (Å²) in [5.41, 5.74) is 1.06. The van der Waals surface area contributed by atoms with Crippen LogP contribution in [0.15, 0.2) is 6.20 Å². The molecule has 0 aliphatic rings. The average molecular weight is 320 g/mol. The summed E-state index contributed by atoms with van der Waals surface area (Å²) in [7, 11) is 1.75. The molecular formula is C14H23F3N4O. The van der Waals surface area contributed by atoms with Gasteiger partial charge in [-0.3, -0.25) is 4.68 Å². The molecule has 1 heterocycles. The molecule has 1 aromatic heterocycles. The maximum atomic E-state index is 13.0. The molecule has 0 aromatic carbocycles. The largest absolute Gasteiger partial charge is 0.408 e. The first-order chi connectivity index (χ1) is 9.90. The highest BCUT2D eigenvalue weighted by atomic mass is 19.4. The Morgan fingerprint density at radius 3 is 2.36 bits per heavy atom. The second-order valence-corrected chi connectivity index (χ2v) is 6.56. The van der Waals surface area contributed by atoms with Crippen molar-refractivity contribution in [3.8, 4) is 0 Å². The minimum atomic E-state index is -4.48. The highest BCUT2D eigenvalue weighted by molar-refractivity contribution is 5.74. The molecule has 2 N–H and O–H groups in total. The van der Waals surface area contributed by atoms with E-state index in [1.807, 2.05) is 12.2 Å². The third kappa shape index (κ3) is 5.57. The molecule has 0 aliphatic carbocycles. The number of aryl methyl sites for hydroxylation is 1. The summed E-state index contributed by atoms with van der Waals surface area (Å²) < 4.78 is 40.6. The summed E-state index contributed by atoms with van der Waals surface area (Å²) in [6, 6.07) is -2.71. The van der Waals surface area contributed by atoms with E-state index in [1.54, 1.807) is 38.7 Å². The van der Waals surface area contributed by atoms with E-state index in [0.717, 1.165) is 11.3 Å². The lowest BCUT2D eigenvalue weighted by Crippen LogP contribution is -2.50. The van der Waals surface area contributed by atoms with Crippen molar-refractivity contribution in [1.29, 1.82) is 0 Å². The number of nitrogens with zero attached hydrogens (tertiary/aromatic N) is 2. The van der Waals surface area contributed by atoms with Gasteiger partial charge in [0.1, 0.15) is 6.04 Å². The zero-order valence-corrected chi connectivity index (χ0v) is 13.5. The molecule has 0 saturated carbocycles. The normalized spacial score (nSPS) is 13.8. The fraction of sp³-hybridized carbons (Fsp3) is 0.714. The summed E-state index contributed by atoms with van der Waals surface area (Å²) >= 11 is 0. The van der Waals surface area contributed by atoms with Gasteiger partial charge in [0.2, 0.25) is 0 Å². The Balaban J connectivity index is 2.62. The number of halogens is 3. The molecule has 0 fully saturated rings. The van der Waals surface area contributed by atoms with Crippen molar-refractivity contribution in [2.45, 2.75) is 52.9 Å². The van der Waals surface area contributed by atoms with Gasteiger partial charge in [0.25, 0.3) is 0 Å². The van der Waals surface area contributed by atoms with Gasteiger partial charge >= 0.3 is 12.2 Å². The maximum absolute atomic E-state index is 13.0. The van der Waals surface area contributed by atoms with Crippen molar-refractivity contribution in [3.05, 3.63) is 17.5 Å². The Morgan fingerprint density at radius 2 is 1.95 bits per heavy atom. The maximum Gasteiger partial charge on any atom is 0.408 e. The van der Waals surface area contributed by atoms with Gasteiger partial charge in [-0.1, -0.05) is 20.8 Å². The predicted octanol–water partition coefficient (Wildman–Crippen LogP) is 2.89. The van der Waals surface area contributed by atoms with Crippen molar-refractivity contribution in [2.75, 3.05) is 0 Å². The Labute approximate surface area is 128 Å². The lowest BCUT2D eigenvalue weighted by atomic mass is 9.88. The van der Waals surface area contributed by atoms with E-state index in [0.29, 0.717) is 0 Å². The van der Waals surface area contributed by atoms with Gasteiger partial charge in [-0.2, -0.15) is 18.3 Å². The lowest BCUT2D eigenvalue weighted by Gasteiger charge is -2.28. The highest BCUT2D eigenvalue weighted by Crippen LogP contribution is 2.30.